The van der Waals surface area contributed by atoms with Crippen molar-refractivity contribution >= 4 is 35.1 Å². The number of aromatic nitrogens is 2. The highest BCUT2D eigenvalue weighted by atomic mass is 35.5. The standard InChI is InChI=1S/C20H20ClN5O3/c1-3-4-17(27)23-14-7-5-13(6-8-14)19(28)26-10-9-15(12-26)24-20-22-11-16(21)18(25-20)29-2/h5-8,11,15H,9-10,12H2,1-2H3,(H,23,27)(H,22,24,25). The summed E-state index contributed by atoms with van der Waals surface area (Å²) in [4.78, 5) is 34.4. The predicted octanol–water partition coefficient (Wildman–Crippen LogP) is 2.43. The van der Waals surface area contributed by atoms with E-state index < -0.39 is 0 Å². The van der Waals surface area contributed by atoms with E-state index >= 15 is 0 Å². The van der Waals surface area contributed by atoms with Crippen LogP contribution in [0.5, 0.6) is 5.88 Å². The molecule has 9 heteroatoms. The summed E-state index contributed by atoms with van der Waals surface area (Å²) in [5.74, 6) is 5.18. The van der Waals surface area contributed by atoms with E-state index in [2.05, 4.69) is 32.4 Å². The molecule has 8 nitrogen and oxygen atoms in total. The summed E-state index contributed by atoms with van der Waals surface area (Å²) in [6.45, 7) is 2.73. The fourth-order valence-corrected chi connectivity index (χ4v) is 3.13. The van der Waals surface area contributed by atoms with E-state index in [0.29, 0.717) is 41.2 Å². The summed E-state index contributed by atoms with van der Waals surface area (Å²) in [7, 11) is 1.49. The topological polar surface area (TPSA) is 96.5 Å². The number of hydrogen-bond acceptors (Lipinski definition) is 6. The number of hydrogen-bond donors (Lipinski definition) is 2. The molecule has 1 aliphatic rings. The lowest BCUT2D eigenvalue weighted by atomic mass is 10.2. The van der Waals surface area contributed by atoms with E-state index in [0.717, 1.165) is 6.42 Å². The molecule has 1 aliphatic heterocycles. The molecule has 1 saturated heterocycles. The first-order valence-corrected chi connectivity index (χ1v) is 9.34. The number of amides is 2. The molecule has 1 fully saturated rings. The molecular weight excluding hydrogens is 394 g/mol. The molecule has 0 saturated carbocycles. The van der Waals surface area contributed by atoms with Gasteiger partial charge in [-0.15, -0.1) is 0 Å². The second-order valence-corrected chi connectivity index (χ2v) is 6.75. The average Bonchev–Trinajstić information content (AvgIpc) is 3.18. The number of likely N-dealkylation sites (tertiary alicyclic amines) is 1. The van der Waals surface area contributed by atoms with E-state index in [9.17, 15) is 9.59 Å². The Morgan fingerprint density at radius 2 is 2.07 bits per heavy atom. The third-order valence-electron chi connectivity index (χ3n) is 4.34. The van der Waals surface area contributed by atoms with Crippen LogP contribution in [0.1, 0.15) is 23.7 Å². The van der Waals surface area contributed by atoms with Crippen LogP contribution in [0.15, 0.2) is 30.5 Å². The van der Waals surface area contributed by atoms with Crippen molar-refractivity contribution in [2.45, 2.75) is 19.4 Å². The zero-order valence-electron chi connectivity index (χ0n) is 16.0. The van der Waals surface area contributed by atoms with Crippen LogP contribution in [-0.4, -0.2) is 52.9 Å². The highest BCUT2D eigenvalue weighted by Gasteiger charge is 2.27. The van der Waals surface area contributed by atoms with Gasteiger partial charge in [-0.3, -0.25) is 9.59 Å². The predicted molar refractivity (Wildman–Crippen MR) is 110 cm³/mol. The minimum absolute atomic E-state index is 0.0241. The Morgan fingerprint density at radius 1 is 1.31 bits per heavy atom. The number of ether oxygens (including phenoxy) is 1. The molecular formula is C20H20ClN5O3. The summed E-state index contributed by atoms with van der Waals surface area (Å²) in [5, 5.41) is 6.19. The van der Waals surface area contributed by atoms with E-state index in [4.69, 9.17) is 16.3 Å². The molecule has 1 unspecified atom stereocenters. The molecule has 0 bridgehead atoms. The Kier molecular flexibility index (Phi) is 6.52. The minimum atomic E-state index is -0.388. The first kappa shape index (κ1) is 20.4. The highest BCUT2D eigenvalue weighted by molar-refractivity contribution is 6.31. The van der Waals surface area contributed by atoms with Gasteiger partial charge in [0.25, 0.3) is 11.8 Å². The summed E-state index contributed by atoms with van der Waals surface area (Å²) in [6, 6.07) is 6.76. The van der Waals surface area contributed by atoms with Crippen LogP contribution in [0.2, 0.25) is 5.02 Å². The average molecular weight is 414 g/mol. The van der Waals surface area contributed by atoms with Crippen molar-refractivity contribution in [1.29, 1.82) is 0 Å². The van der Waals surface area contributed by atoms with Crippen LogP contribution < -0.4 is 15.4 Å². The van der Waals surface area contributed by atoms with Crippen molar-refractivity contribution in [2.75, 3.05) is 30.8 Å². The second-order valence-electron chi connectivity index (χ2n) is 6.34. The van der Waals surface area contributed by atoms with Crippen LogP contribution in [0, 0.1) is 11.8 Å². The van der Waals surface area contributed by atoms with E-state index in [1.165, 1.54) is 13.3 Å². The van der Waals surface area contributed by atoms with Crippen LogP contribution >= 0.6 is 11.6 Å². The van der Waals surface area contributed by atoms with Gasteiger partial charge < -0.3 is 20.3 Å². The molecule has 150 valence electrons. The largest absolute Gasteiger partial charge is 0.480 e. The van der Waals surface area contributed by atoms with Crippen molar-refractivity contribution in [3.05, 3.63) is 41.0 Å². The summed E-state index contributed by atoms with van der Waals surface area (Å²) >= 11 is 5.94. The van der Waals surface area contributed by atoms with Crippen molar-refractivity contribution in [2.24, 2.45) is 0 Å². The Morgan fingerprint density at radius 3 is 2.76 bits per heavy atom. The van der Waals surface area contributed by atoms with Gasteiger partial charge in [0.1, 0.15) is 5.02 Å². The van der Waals surface area contributed by atoms with Crippen molar-refractivity contribution in [1.82, 2.24) is 14.9 Å². The number of nitrogens with one attached hydrogen (secondary N) is 2. The van der Waals surface area contributed by atoms with Gasteiger partial charge in [0.05, 0.1) is 13.3 Å². The minimum Gasteiger partial charge on any atom is -0.480 e. The molecule has 2 aromatic rings. The number of rotatable bonds is 5. The molecule has 2 heterocycles. The zero-order chi connectivity index (χ0) is 20.8. The maximum atomic E-state index is 12.7. The molecule has 2 amide bonds. The molecule has 2 N–H and O–H groups in total. The van der Waals surface area contributed by atoms with Gasteiger partial charge in [-0.05, 0) is 43.5 Å². The Balaban J connectivity index is 1.58. The molecule has 1 atom stereocenters. The second kappa shape index (κ2) is 9.26. The lowest BCUT2D eigenvalue weighted by Gasteiger charge is -2.17. The number of carbonyl (C=O) groups is 2. The van der Waals surface area contributed by atoms with E-state index in [1.807, 2.05) is 0 Å². The number of carbonyl (C=O) groups excluding carboxylic acids is 2. The molecule has 29 heavy (non-hydrogen) atoms. The maximum absolute atomic E-state index is 12.7. The Bertz CT molecular complexity index is 968. The molecule has 3 rings (SSSR count). The quantitative estimate of drug-likeness (QED) is 0.731. The van der Waals surface area contributed by atoms with Gasteiger partial charge in [-0.1, -0.05) is 17.5 Å². The van der Waals surface area contributed by atoms with Gasteiger partial charge in [0.15, 0.2) is 0 Å². The first-order valence-electron chi connectivity index (χ1n) is 8.96. The summed E-state index contributed by atoms with van der Waals surface area (Å²) in [6.07, 6.45) is 2.24. The Labute approximate surface area is 173 Å². The fraction of sp³-hybridized carbons (Fsp3) is 0.300. The first-order chi connectivity index (χ1) is 14.0. The van der Waals surface area contributed by atoms with E-state index in [-0.39, 0.29) is 17.9 Å². The monoisotopic (exact) mass is 413 g/mol. The van der Waals surface area contributed by atoms with Crippen LogP contribution in [0.3, 0.4) is 0 Å². The number of anilines is 2. The number of nitrogens with zero attached hydrogens (tertiary/aromatic N) is 3. The van der Waals surface area contributed by atoms with Crippen molar-refractivity contribution < 1.29 is 14.3 Å². The third kappa shape index (κ3) is 5.15. The number of halogens is 1. The van der Waals surface area contributed by atoms with Gasteiger partial charge in [0.2, 0.25) is 11.8 Å². The lowest BCUT2D eigenvalue weighted by Crippen LogP contribution is -2.31. The maximum Gasteiger partial charge on any atom is 0.300 e. The number of benzene rings is 1. The highest BCUT2D eigenvalue weighted by Crippen LogP contribution is 2.23. The van der Waals surface area contributed by atoms with Gasteiger partial charge in [0, 0.05) is 30.4 Å². The molecule has 0 spiro atoms. The number of methoxy groups -OCH3 is 1. The zero-order valence-corrected chi connectivity index (χ0v) is 16.8. The van der Waals surface area contributed by atoms with Crippen molar-refractivity contribution in [3.63, 3.8) is 0 Å². The summed E-state index contributed by atoms with van der Waals surface area (Å²) in [5.41, 5.74) is 1.14. The van der Waals surface area contributed by atoms with Gasteiger partial charge >= 0.3 is 0 Å². The Hall–Kier alpha value is -3.31. The molecule has 1 aromatic carbocycles. The molecule has 1 aromatic heterocycles. The molecule has 0 radical (unpaired) electrons. The van der Waals surface area contributed by atoms with Gasteiger partial charge in [-0.25, -0.2) is 4.98 Å². The fourth-order valence-electron chi connectivity index (χ4n) is 2.96. The van der Waals surface area contributed by atoms with E-state index in [1.54, 1.807) is 36.1 Å². The smallest absolute Gasteiger partial charge is 0.300 e. The SMILES string of the molecule is CC#CC(=O)Nc1ccc(C(=O)N2CCC(Nc3ncc(Cl)c(OC)n3)C2)cc1. The van der Waals surface area contributed by atoms with Crippen LogP contribution in [0.4, 0.5) is 11.6 Å². The van der Waals surface area contributed by atoms with Crippen LogP contribution in [0.25, 0.3) is 0 Å². The normalized spacial score (nSPS) is 15.3. The third-order valence-corrected chi connectivity index (χ3v) is 4.60. The van der Waals surface area contributed by atoms with Crippen molar-refractivity contribution in [3.8, 4) is 17.7 Å². The molecule has 0 aliphatic carbocycles. The van der Waals surface area contributed by atoms with Gasteiger partial charge in [-0.2, -0.15) is 4.98 Å². The lowest BCUT2D eigenvalue weighted by molar-refractivity contribution is -0.111. The summed E-state index contributed by atoms with van der Waals surface area (Å²) < 4.78 is 5.09. The van der Waals surface area contributed by atoms with Crippen LogP contribution in [-0.2, 0) is 4.79 Å².